The Morgan fingerprint density at radius 2 is 1.57 bits per heavy atom. The second-order valence-corrected chi connectivity index (χ2v) is 13.0. The Morgan fingerprint density at radius 1 is 0.957 bits per heavy atom. The van der Waals surface area contributed by atoms with E-state index in [1.165, 1.54) is 43.3 Å². The normalized spacial score (nSPS) is 28.7. The lowest BCUT2D eigenvalue weighted by molar-refractivity contribution is 0.486. The van der Waals surface area contributed by atoms with Crippen LogP contribution < -0.4 is 5.19 Å². The van der Waals surface area contributed by atoms with E-state index in [9.17, 15) is 0 Å². The van der Waals surface area contributed by atoms with Crippen LogP contribution in [0.4, 0.5) is 0 Å². The summed E-state index contributed by atoms with van der Waals surface area (Å²) in [6.07, 6.45) is 9.81. The van der Waals surface area contributed by atoms with E-state index in [0.717, 1.165) is 5.54 Å². The molecule has 1 heteroatoms. The van der Waals surface area contributed by atoms with Gasteiger partial charge in [0, 0.05) is 5.04 Å². The minimum absolute atomic E-state index is 0.268. The highest BCUT2D eigenvalue weighted by molar-refractivity contribution is 6.95. The molecule has 0 spiro atoms. The molecule has 1 saturated carbocycles. The van der Waals surface area contributed by atoms with Gasteiger partial charge in [0.25, 0.3) is 0 Å². The Morgan fingerprint density at radius 3 is 2.09 bits per heavy atom. The van der Waals surface area contributed by atoms with E-state index in [1.54, 1.807) is 10.8 Å². The molecule has 2 aliphatic carbocycles. The highest BCUT2D eigenvalue weighted by Crippen LogP contribution is 2.58. The molecule has 1 fully saturated rings. The average molecular weight is 325 g/mol. The predicted octanol–water partition coefficient (Wildman–Crippen LogP) is 6.36. The van der Waals surface area contributed by atoms with Crippen molar-refractivity contribution in [3.8, 4) is 0 Å². The third-order valence-corrected chi connectivity index (χ3v) is 13.7. The van der Waals surface area contributed by atoms with E-state index < -0.39 is 8.07 Å². The summed E-state index contributed by atoms with van der Waals surface area (Å²) in [6, 6.07) is 11.5. The van der Waals surface area contributed by atoms with Gasteiger partial charge in [0.2, 0.25) is 0 Å². The molecule has 0 heterocycles. The average Bonchev–Trinajstić information content (AvgIpc) is 2.80. The van der Waals surface area contributed by atoms with Gasteiger partial charge < -0.3 is 0 Å². The van der Waals surface area contributed by atoms with Crippen LogP contribution in [0.15, 0.2) is 53.1 Å². The van der Waals surface area contributed by atoms with Crippen LogP contribution in [-0.4, -0.2) is 8.07 Å². The van der Waals surface area contributed by atoms with E-state index in [4.69, 9.17) is 0 Å². The molecule has 0 N–H and O–H groups in total. The van der Waals surface area contributed by atoms with E-state index in [1.807, 2.05) is 0 Å². The fourth-order valence-electron chi connectivity index (χ4n) is 5.30. The molecular formula is C22H32Si. The Hall–Kier alpha value is -1.08. The van der Waals surface area contributed by atoms with Gasteiger partial charge in [0.1, 0.15) is 8.07 Å². The van der Waals surface area contributed by atoms with E-state index >= 15 is 0 Å². The summed E-state index contributed by atoms with van der Waals surface area (Å²) in [7, 11) is -1.70. The van der Waals surface area contributed by atoms with Crippen molar-refractivity contribution in [3.05, 3.63) is 53.1 Å². The number of rotatable bonds is 3. The fourth-order valence-corrected chi connectivity index (χ4v) is 11.1. The number of hydrogen-bond acceptors (Lipinski definition) is 0. The van der Waals surface area contributed by atoms with Gasteiger partial charge in [-0.15, -0.1) is 0 Å². The minimum atomic E-state index is -1.70. The van der Waals surface area contributed by atoms with Gasteiger partial charge in [0.15, 0.2) is 0 Å². The minimum Gasteiger partial charge on any atom is -0.0737 e. The second-order valence-electron chi connectivity index (χ2n) is 8.18. The molecule has 2 unspecified atom stereocenters. The molecule has 0 aliphatic heterocycles. The molecule has 0 saturated heterocycles. The Labute approximate surface area is 143 Å². The lowest BCUT2D eigenvalue weighted by atomic mass is 10.00. The number of allylic oxidation sites excluding steroid dienone is 4. The van der Waals surface area contributed by atoms with Crippen LogP contribution in [0.5, 0.6) is 0 Å². The lowest BCUT2D eigenvalue weighted by Crippen LogP contribution is -2.57. The summed E-state index contributed by atoms with van der Waals surface area (Å²) in [5.41, 5.74) is 5.60. The van der Waals surface area contributed by atoms with Crippen LogP contribution in [0.2, 0.25) is 17.1 Å². The van der Waals surface area contributed by atoms with Gasteiger partial charge in [-0.3, -0.25) is 0 Å². The van der Waals surface area contributed by atoms with Crippen molar-refractivity contribution in [2.75, 3.05) is 0 Å². The van der Waals surface area contributed by atoms with Crippen LogP contribution in [0.1, 0.15) is 59.8 Å². The zero-order chi connectivity index (χ0) is 16.7. The molecule has 0 radical (unpaired) electrons. The fraction of sp³-hybridized carbons (Fsp3) is 0.545. The van der Waals surface area contributed by atoms with Crippen LogP contribution in [0, 0.1) is 0 Å². The Balaban J connectivity index is 2.17. The first kappa shape index (κ1) is 16.8. The highest BCUT2D eigenvalue weighted by atomic mass is 28.3. The van der Waals surface area contributed by atoms with Gasteiger partial charge in [-0.1, -0.05) is 98.3 Å². The van der Waals surface area contributed by atoms with Crippen LogP contribution in [0.3, 0.4) is 0 Å². The number of benzene rings is 1. The predicted molar refractivity (Wildman–Crippen MR) is 105 cm³/mol. The maximum atomic E-state index is 2.68. The summed E-state index contributed by atoms with van der Waals surface area (Å²) in [5.74, 6) is 0. The molecule has 0 aromatic heterocycles. The maximum absolute atomic E-state index is 2.68. The van der Waals surface area contributed by atoms with Gasteiger partial charge in [-0.2, -0.15) is 0 Å². The third-order valence-electron chi connectivity index (χ3n) is 7.31. The van der Waals surface area contributed by atoms with Crippen LogP contribution in [-0.2, 0) is 0 Å². The molecule has 1 aromatic carbocycles. The molecule has 124 valence electrons. The van der Waals surface area contributed by atoms with Gasteiger partial charge in [0.05, 0.1) is 0 Å². The summed E-state index contributed by atoms with van der Waals surface area (Å²) in [6.45, 7) is 12.3. The molecule has 0 bridgehead atoms. The quantitative estimate of drug-likeness (QED) is 0.567. The van der Waals surface area contributed by atoms with Crippen molar-refractivity contribution < 1.29 is 0 Å². The smallest absolute Gasteiger partial charge is 0.0737 e. The monoisotopic (exact) mass is 324 g/mol. The van der Waals surface area contributed by atoms with Crippen molar-refractivity contribution in [2.45, 2.75) is 76.9 Å². The SMILES string of the molecule is CC1=CC(C)([Si](C)(c2ccccc2)C2CCCCC2)C(C)=C1C. The Kier molecular flexibility index (Phi) is 4.44. The summed E-state index contributed by atoms with van der Waals surface area (Å²) in [4.78, 5) is 0. The molecule has 0 amide bonds. The zero-order valence-corrected chi connectivity index (χ0v) is 16.6. The topological polar surface area (TPSA) is 0 Å². The number of hydrogen-bond donors (Lipinski definition) is 0. The molecule has 1 aromatic rings. The summed E-state index contributed by atoms with van der Waals surface area (Å²) >= 11 is 0. The van der Waals surface area contributed by atoms with E-state index in [2.05, 4.69) is 70.6 Å². The standard InChI is InChI=1S/C22H32Si/c1-17-16-22(4,19(3)18(17)2)23(5,20-12-8-6-9-13-20)21-14-10-7-11-15-21/h6,8-9,12-13,16,21H,7,10-11,14-15H2,1-5H3. The third kappa shape index (κ3) is 2.48. The molecule has 2 aliphatic rings. The van der Waals surface area contributed by atoms with Gasteiger partial charge >= 0.3 is 0 Å². The maximum Gasteiger partial charge on any atom is 0.101 e. The van der Waals surface area contributed by atoms with Crippen molar-refractivity contribution >= 4 is 13.3 Å². The first-order valence-electron chi connectivity index (χ1n) is 9.34. The first-order chi connectivity index (χ1) is 10.9. The van der Waals surface area contributed by atoms with Crippen LogP contribution in [0.25, 0.3) is 0 Å². The summed E-state index contributed by atoms with van der Waals surface area (Å²) < 4.78 is 0. The molecule has 2 atom stereocenters. The largest absolute Gasteiger partial charge is 0.101 e. The van der Waals surface area contributed by atoms with Crippen LogP contribution >= 0.6 is 0 Å². The molecule has 23 heavy (non-hydrogen) atoms. The van der Waals surface area contributed by atoms with Crippen molar-refractivity contribution in [1.29, 1.82) is 0 Å². The van der Waals surface area contributed by atoms with E-state index in [0.29, 0.717) is 0 Å². The van der Waals surface area contributed by atoms with E-state index in [-0.39, 0.29) is 5.04 Å². The molecular weight excluding hydrogens is 292 g/mol. The zero-order valence-electron chi connectivity index (χ0n) is 15.6. The summed E-state index contributed by atoms with van der Waals surface area (Å²) in [5, 5.41) is 1.93. The highest BCUT2D eigenvalue weighted by Gasteiger charge is 2.54. The van der Waals surface area contributed by atoms with Gasteiger partial charge in [-0.05, 0) is 31.9 Å². The van der Waals surface area contributed by atoms with Gasteiger partial charge in [-0.25, -0.2) is 0 Å². The van der Waals surface area contributed by atoms with Crippen molar-refractivity contribution in [1.82, 2.24) is 0 Å². The van der Waals surface area contributed by atoms with Crippen molar-refractivity contribution in [3.63, 3.8) is 0 Å². The van der Waals surface area contributed by atoms with Crippen molar-refractivity contribution in [2.24, 2.45) is 0 Å². The molecule has 0 nitrogen and oxygen atoms in total. The first-order valence-corrected chi connectivity index (χ1v) is 11.9. The second kappa shape index (κ2) is 6.09. The lowest BCUT2D eigenvalue weighted by Gasteiger charge is -2.50. The molecule has 3 rings (SSSR count). The Bertz CT molecular complexity index is 633.